The average Bonchev–Trinajstić information content (AvgIpc) is 3.13. The minimum Gasteiger partial charge on any atom is -0.377 e. The summed E-state index contributed by atoms with van der Waals surface area (Å²) in [6.07, 6.45) is 1.38. The van der Waals surface area contributed by atoms with Crippen molar-refractivity contribution in [2.24, 2.45) is 5.41 Å². The molecule has 0 radical (unpaired) electrons. The fourth-order valence-corrected chi connectivity index (χ4v) is 3.94. The van der Waals surface area contributed by atoms with Crippen LogP contribution in [0.25, 0.3) is 0 Å². The van der Waals surface area contributed by atoms with E-state index in [0.717, 1.165) is 11.3 Å². The predicted octanol–water partition coefficient (Wildman–Crippen LogP) is 1.39. The maximum atomic E-state index is 12.7. The van der Waals surface area contributed by atoms with Gasteiger partial charge in [0.15, 0.2) is 0 Å². The van der Waals surface area contributed by atoms with Gasteiger partial charge in [0, 0.05) is 31.5 Å². The van der Waals surface area contributed by atoms with Crippen LogP contribution in [0.5, 0.6) is 0 Å². The van der Waals surface area contributed by atoms with Crippen LogP contribution in [0.4, 0.5) is 0 Å². The SMILES string of the molecule is CC(=O)N1CC[C@H]2OCC[C@@]2(C(=O)NCc2cccs2)C1. The number of ether oxygens (including phenoxy) is 1. The fraction of sp³-hybridized carbons (Fsp3) is 0.600. The third-order valence-corrected chi connectivity index (χ3v) is 5.39. The van der Waals surface area contributed by atoms with Gasteiger partial charge in [0.1, 0.15) is 0 Å². The number of nitrogens with one attached hydrogen (secondary N) is 1. The summed E-state index contributed by atoms with van der Waals surface area (Å²) in [5, 5.41) is 5.03. The Balaban J connectivity index is 1.72. The Kier molecular flexibility index (Phi) is 3.99. The van der Waals surface area contributed by atoms with Crippen LogP contribution in [0.3, 0.4) is 0 Å². The lowest BCUT2D eigenvalue weighted by Crippen LogP contribution is -2.57. The third kappa shape index (κ3) is 2.70. The minimum absolute atomic E-state index is 0.0179. The van der Waals surface area contributed by atoms with Crippen molar-refractivity contribution < 1.29 is 14.3 Å². The van der Waals surface area contributed by atoms with Crippen molar-refractivity contribution in [3.05, 3.63) is 22.4 Å². The first-order valence-corrected chi connectivity index (χ1v) is 8.17. The monoisotopic (exact) mass is 308 g/mol. The molecule has 0 bridgehead atoms. The zero-order valence-electron chi connectivity index (χ0n) is 12.1. The number of carbonyl (C=O) groups excluding carboxylic acids is 2. The largest absolute Gasteiger partial charge is 0.377 e. The molecule has 2 fully saturated rings. The van der Waals surface area contributed by atoms with Crippen LogP contribution in [-0.2, 0) is 20.9 Å². The van der Waals surface area contributed by atoms with E-state index in [9.17, 15) is 9.59 Å². The lowest BCUT2D eigenvalue weighted by Gasteiger charge is -2.42. The van der Waals surface area contributed by atoms with Crippen molar-refractivity contribution in [1.29, 1.82) is 0 Å². The van der Waals surface area contributed by atoms with E-state index in [1.165, 1.54) is 0 Å². The van der Waals surface area contributed by atoms with Crippen LogP contribution >= 0.6 is 11.3 Å². The van der Waals surface area contributed by atoms with Crippen LogP contribution in [-0.4, -0.2) is 42.5 Å². The van der Waals surface area contributed by atoms with E-state index >= 15 is 0 Å². The molecule has 2 amide bonds. The Morgan fingerprint density at radius 1 is 1.57 bits per heavy atom. The highest BCUT2D eigenvalue weighted by Gasteiger charge is 2.53. The number of likely N-dealkylation sites (tertiary alicyclic amines) is 1. The van der Waals surface area contributed by atoms with E-state index in [1.54, 1.807) is 23.2 Å². The van der Waals surface area contributed by atoms with Gasteiger partial charge in [-0.25, -0.2) is 0 Å². The third-order valence-electron chi connectivity index (χ3n) is 4.52. The van der Waals surface area contributed by atoms with E-state index in [0.29, 0.717) is 32.7 Å². The van der Waals surface area contributed by atoms with Crippen molar-refractivity contribution in [3.8, 4) is 0 Å². The summed E-state index contributed by atoms with van der Waals surface area (Å²) in [5.74, 6) is 0.0510. The number of nitrogens with zero attached hydrogens (tertiary/aromatic N) is 1. The van der Waals surface area contributed by atoms with E-state index < -0.39 is 5.41 Å². The molecular formula is C15H20N2O3S. The molecule has 0 unspecified atom stereocenters. The average molecular weight is 308 g/mol. The molecule has 3 heterocycles. The molecule has 1 aromatic rings. The molecule has 1 N–H and O–H groups in total. The maximum Gasteiger partial charge on any atom is 0.231 e. The number of piperidine rings is 1. The quantitative estimate of drug-likeness (QED) is 0.918. The summed E-state index contributed by atoms with van der Waals surface area (Å²) in [7, 11) is 0. The molecule has 2 saturated heterocycles. The molecule has 0 aliphatic carbocycles. The Morgan fingerprint density at radius 2 is 2.43 bits per heavy atom. The molecule has 2 atom stereocenters. The Morgan fingerprint density at radius 3 is 3.14 bits per heavy atom. The highest BCUT2D eigenvalue weighted by atomic mass is 32.1. The summed E-state index contributed by atoms with van der Waals surface area (Å²) >= 11 is 1.63. The molecule has 21 heavy (non-hydrogen) atoms. The molecule has 2 aliphatic rings. The Hall–Kier alpha value is -1.40. The van der Waals surface area contributed by atoms with E-state index in [4.69, 9.17) is 4.74 Å². The molecule has 0 saturated carbocycles. The van der Waals surface area contributed by atoms with Crippen molar-refractivity contribution in [2.75, 3.05) is 19.7 Å². The topological polar surface area (TPSA) is 58.6 Å². The highest BCUT2D eigenvalue weighted by Crippen LogP contribution is 2.41. The summed E-state index contributed by atoms with van der Waals surface area (Å²) in [4.78, 5) is 27.3. The zero-order valence-corrected chi connectivity index (χ0v) is 12.9. The first kappa shape index (κ1) is 14.5. The van der Waals surface area contributed by atoms with Crippen molar-refractivity contribution in [1.82, 2.24) is 10.2 Å². The Labute approximate surface area is 128 Å². The van der Waals surface area contributed by atoms with Gasteiger partial charge in [-0.3, -0.25) is 9.59 Å². The highest BCUT2D eigenvalue weighted by molar-refractivity contribution is 7.09. The van der Waals surface area contributed by atoms with Gasteiger partial charge in [-0.2, -0.15) is 0 Å². The first-order valence-electron chi connectivity index (χ1n) is 7.29. The molecular weight excluding hydrogens is 288 g/mol. The minimum atomic E-state index is -0.568. The second kappa shape index (κ2) is 5.77. The lowest BCUT2D eigenvalue weighted by atomic mass is 9.75. The van der Waals surface area contributed by atoms with Crippen LogP contribution in [0.2, 0.25) is 0 Å². The zero-order chi connectivity index (χ0) is 14.9. The van der Waals surface area contributed by atoms with E-state index in [-0.39, 0.29) is 17.9 Å². The van der Waals surface area contributed by atoms with Gasteiger partial charge >= 0.3 is 0 Å². The first-order chi connectivity index (χ1) is 10.1. The number of fused-ring (bicyclic) bond motifs is 1. The molecule has 6 heteroatoms. The summed E-state index contributed by atoms with van der Waals surface area (Å²) < 4.78 is 5.75. The Bertz CT molecular complexity index is 531. The van der Waals surface area contributed by atoms with Crippen LogP contribution < -0.4 is 5.32 Å². The van der Waals surface area contributed by atoms with Crippen LogP contribution in [0, 0.1) is 5.41 Å². The van der Waals surface area contributed by atoms with Gasteiger partial charge in [0.25, 0.3) is 0 Å². The molecule has 2 aliphatic heterocycles. The van der Waals surface area contributed by atoms with E-state index in [1.807, 2.05) is 17.5 Å². The van der Waals surface area contributed by atoms with Crippen molar-refractivity contribution in [2.45, 2.75) is 32.4 Å². The smallest absolute Gasteiger partial charge is 0.231 e. The lowest BCUT2D eigenvalue weighted by molar-refractivity contribution is -0.145. The number of hydrogen-bond acceptors (Lipinski definition) is 4. The number of hydrogen-bond donors (Lipinski definition) is 1. The second-order valence-electron chi connectivity index (χ2n) is 5.76. The van der Waals surface area contributed by atoms with Crippen molar-refractivity contribution in [3.63, 3.8) is 0 Å². The molecule has 0 aromatic carbocycles. The second-order valence-corrected chi connectivity index (χ2v) is 6.79. The molecule has 1 aromatic heterocycles. The molecule has 114 valence electrons. The number of thiophene rings is 1. The molecule has 0 spiro atoms. The number of rotatable bonds is 3. The molecule has 5 nitrogen and oxygen atoms in total. The van der Waals surface area contributed by atoms with Gasteiger partial charge in [0.2, 0.25) is 11.8 Å². The van der Waals surface area contributed by atoms with Gasteiger partial charge in [-0.05, 0) is 24.3 Å². The molecule has 3 rings (SSSR count). The normalized spacial score (nSPS) is 28.2. The summed E-state index contributed by atoms with van der Waals surface area (Å²) in [6.45, 7) is 3.87. The van der Waals surface area contributed by atoms with Crippen molar-refractivity contribution >= 4 is 23.2 Å². The fourth-order valence-electron chi connectivity index (χ4n) is 3.29. The van der Waals surface area contributed by atoms with Gasteiger partial charge < -0.3 is 15.0 Å². The van der Waals surface area contributed by atoms with Crippen LogP contribution in [0.1, 0.15) is 24.6 Å². The van der Waals surface area contributed by atoms with Gasteiger partial charge in [-0.1, -0.05) is 6.07 Å². The van der Waals surface area contributed by atoms with Gasteiger partial charge in [0.05, 0.1) is 18.1 Å². The van der Waals surface area contributed by atoms with Crippen LogP contribution in [0.15, 0.2) is 17.5 Å². The number of amides is 2. The summed E-state index contributed by atoms with van der Waals surface area (Å²) in [6, 6.07) is 3.98. The maximum absolute atomic E-state index is 12.7. The van der Waals surface area contributed by atoms with E-state index in [2.05, 4.69) is 5.32 Å². The number of carbonyl (C=O) groups is 2. The summed E-state index contributed by atoms with van der Waals surface area (Å²) in [5.41, 5.74) is -0.568. The predicted molar refractivity (Wildman–Crippen MR) is 79.8 cm³/mol. The standard InChI is InChI=1S/C15H20N2O3S/c1-11(18)17-6-4-13-15(10-17,5-7-20-13)14(19)16-9-12-3-2-8-21-12/h2-3,8,13H,4-7,9-10H2,1H3,(H,16,19)/t13-,15-/m1/s1. The van der Waals surface area contributed by atoms with Gasteiger partial charge in [-0.15, -0.1) is 11.3 Å².